The van der Waals surface area contributed by atoms with Gasteiger partial charge in [0.05, 0.1) is 6.61 Å². The molecule has 0 radical (unpaired) electrons. The van der Waals surface area contributed by atoms with Crippen LogP contribution in [0.4, 0.5) is 0 Å². The second-order valence-corrected chi connectivity index (χ2v) is 5.80. The Labute approximate surface area is 144 Å². The highest BCUT2D eigenvalue weighted by atomic mass is 16.5. The van der Waals surface area contributed by atoms with Gasteiger partial charge in [0.2, 0.25) is 0 Å². The Morgan fingerprint density at radius 1 is 1.33 bits per heavy atom. The molecule has 0 saturated carbocycles. The van der Waals surface area contributed by atoms with Crippen LogP contribution in [0, 0.1) is 0 Å². The van der Waals surface area contributed by atoms with Gasteiger partial charge in [-0.2, -0.15) is 0 Å². The molecule has 1 aromatic rings. The molecule has 0 aliphatic carbocycles. The number of morpholine rings is 1. The van der Waals surface area contributed by atoms with Crippen LogP contribution in [0.1, 0.15) is 19.4 Å². The van der Waals surface area contributed by atoms with Gasteiger partial charge in [0, 0.05) is 26.2 Å². The van der Waals surface area contributed by atoms with Crippen molar-refractivity contribution in [3.63, 3.8) is 0 Å². The molecule has 1 aromatic carbocycles. The molecule has 24 heavy (non-hydrogen) atoms. The van der Waals surface area contributed by atoms with Gasteiger partial charge in [-0.05, 0) is 30.8 Å². The number of amides is 1. The molecular formula is C18H29N3O3. The number of carbonyl (C=O) groups excluding carboxylic acids is 1. The smallest absolute Gasteiger partial charge is 0.250 e. The maximum atomic E-state index is 12.0. The van der Waals surface area contributed by atoms with E-state index in [1.807, 2.05) is 24.3 Å². The lowest BCUT2D eigenvalue weighted by molar-refractivity contribution is -0.134. The van der Waals surface area contributed by atoms with Gasteiger partial charge in [0.1, 0.15) is 18.5 Å². The first-order chi connectivity index (χ1) is 11.7. The average Bonchev–Trinajstić information content (AvgIpc) is 2.65. The number of ether oxygens (including phenoxy) is 2. The molecular weight excluding hydrogens is 306 g/mol. The van der Waals surface area contributed by atoms with E-state index in [-0.39, 0.29) is 12.0 Å². The summed E-state index contributed by atoms with van der Waals surface area (Å²) in [7, 11) is 0. The quantitative estimate of drug-likeness (QED) is 0.705. The molecule has 134 valence electrons. The molecule has 1 aliphatic rings. The van der Waals surface area contributed by atoms with Gasteiger partial charge < -0.3 is 25.0 Å². The predicted octanol–water partition coefficient (Wildman–Crippen LogP) is 1.01. The standard InChI is InChI=1S/C18H29N3O3/c1-3-21(4-2)10-12-23-16-7-5-15(6-8-16)13-20-18(22)17-14-19-9-11-24-17/h5-8,17,19H,3-4,9-14H2,1-2H3,(H,20,22). The largest absolute Gasteiger partial charge is 0.492 e. The lowest BCUT2D eigenvalue weighted by Crippen LogP contribution is -2.47. The van der Waals surface area contributed by atoms with Crippen molar-refractivity contribution in [1.82, 2.24) is 15.5 Å². The molecule has 1 fully saturated rings. The lowest BCUT2D eigenvalue weighted by atomic mass is 10.2. The van der Waals surface area contributed by atoms with E-state index in [1.165, 1.54) is 0 Å². The van der Waals surface area contributed by atoms with Crippen LogP contribution in [-0.4, -0.2) is 62.8 Å². The van der Waals surface area contributed by atoms with E-state index in [4.69, 9.17) is 9.47 Å². The first-order valence-electron chi connectivity index (χ1n) is 8.77. The molecule has 6 nitrogen and oxygen atoms in total. The van der Waals surface area contributed by atoms with E-state index in [9.17, 15) is 4.79 Å². The molecule has 1 amide bonds. The van der Waals surface area contributed by atoms with E-state index < -0.39 is 0 Å². The van der Waals surface area contributed by atoms with Crippen LogP contribution in [0.3, 0.4) is 0 Å². The summed E-state index contributed by atoms with van der Waals surface area (Å²) in [5, 5.41) is 6.06. The number of hydrogen-bond acceptors (Lipinski definition) is 5. The van der Waals surface area contributed by atoms with Crippen molar-refractivity contribution in [3.05, 3.63) is 29.8 Å². The van der Waals surface area contributed by atoms with Crippen LogP contribution >= 0.6 is 0 Å². The van der Waals surface area contributed by atoms with E-state index >= 15 is 0 Å². The Morgan fingerprint density at radius 3 is 2.71 bits per heavy atom. The maximum absolute atomic E-state index is 12.0. The molecule has 1 heterocycles. The highest BCUT2D eigenvalue weighted by molar-refractivity contribution is 5.81. The highest BCUT2D eigenvalue weighted by Crippen LogP contribution is 2.12. The molecule has 1 aliphatic heterocycles. The fourth-order valence-corrected chi connectivity index (χ4v) is 2.57. The normalized spacial score (nSPS) is 17.7. The maximum Gasteiger partial charge on any atom is 0.250 e. The number of nitrogens with one attached hydrogen (secondary N) is 2. The minimum absolute atomic E-state index is 0.0678. The summed E-state index contributed by atoms with van der Waals surface area (Å²) in [6.07, 6.45) is -0.388. The van der Waals surface area contributed by atoms with Crippen LogP contribution in [0.15, 0.2) is 24.3 Å². The summed E-state index contributed by atoms with van der Waals surface area (Å²) in [6, 6.07) is 7.85. The van der Waals surface area contributed by atoms with Gasteiger partial charge >= 0.3 is 0 Å². The Kier molecular flexibility index (Phi) is 8.01. The highest BCUT2D eigenvalue weighted by Gasteiger charge is 2.21. The van der Waals surface area contributed by atoms with E-state index in [0.717, 1.165) is 37.5 Å². The van der Waals surface area contributed by atoms with E-state index in [0.29, 0.717) is 26.3 Å². The van der Waals surface area contributed by atoms with Gasteiger partial charge in [-0.15, -0.1) is 0 Å². The second kappa shape index (κ2) is 10.3. The molecule has 6 heteroatoms. The minimum atomic E-state index is -0.388. The van der Waals surface area contributed by atoms with Gasteiger partial charge in [-0.25, -0.2) is 0 Å². The van der Waals surface area contributed by atoms with E-state index in [2.05, 4.69) is 29.4 Å². The zero-order valence-corrected chi connectivity index (χ0v) is 14.7. The summed E-state index contributed by atoms with van der Waals surface area (Å²) >= 11 is 0. The van der Waals surface area contributed by atoms with Crippen molar-refractivity contribution in [1.29, 1.82) is 0 Å². The molecule has 1 atom stereocenters. The number of benzene rings is 1. The second-order valence-electron chi connectivity index (χ2n) is 5.80. The van der Waals surface area contributed by atoms with Gasteiger partial charge in [0.25, 0.3) is 5.91 Å². The zero-order chi connectivity index (χ0) is 17.2. The van der Waals surface area contributed by atoms with Crippen LogP contribution in [0.5, 0.6) is 5.75 Å². The summed E-state index contributed by atoms with van der Waals surface area (Å²) < 4.78 is 11.2. The molecule has 0 bridgehead atoms. The fourth-order valence-electron chi connectivity index (χ4n) is 2.57. The van der Waals surface area contributed by atoms with Crippen molar-refractivity contribution in [2.75, 3.05) is 45.9 Å². The summed E-state index contributed by atoms with van der Waals surface area (Å²) in [4.78, 5) is 14.3. The minimum Gasteiger partial charge on any atom is -0.492 e. The van der Waals surface area contributed by atoms with Crippen molar-refractivity contribution >= 4 is 5.91 Å². The zero-order valence-electron chi connectivity index (χ0n) is 14.7. The monoisotopic (exact) mass is 335 g/mol. The Hall–Kier alpha value is -1.63. The third-order valence-electron chi connectivity index (χ3n) is 4.18. The van der Waals surface area contributed by atoms with Crippen molar-refractivity contribution in [2.24, 2.45) is 0 Å². The topological polar surface area (TPSA) is 62.8 Å². The van der Waals surface area contributed by atoms with Crippen LogP contribution in [0.2, 0.25) is 0 Å². The third kappa shape index (κ3) is 6.11. The third-order valence-corrected chi connectivity index (χ3v) is 4.18. The van der Waals surface area contributed by atoms with Crippen LogP contribution in [-0.2, 0) is 16.1 Å². The van der Waals surface area contributed by atoms with Gasteiger partial charge in [0.15, 0.2) is 0 Å². The van der Waals surface area contributed by atoms with Crippen LogP contribution in [0.25, 0.3) is 0 Å². The molecule has 2 N–H and O–H groups in total. The molecule has 0 spiro atoms. The summed E-state index contributed by atoms with van der Waals surface area (Å²) in [5.74, 6) is 0.791. The average molecular weight is 335 g/mol. The first-order valence-corrected chi connectivity index (χ1v) is 8.77. The fraction of sp³-hybridized carbons (Fsp3) is 0.611. The van der Waals surface area contributed by atoms with Crippen molar-refractivity contribution in [3.8, 4) is 5.75 Å². The van der Waals surface area contributed by atoms with Crippen LogP contribution < -0.4 is 15.4 Å². The summed E-state index contributed by atoms with van der Waals surface area (Å²) in [6.45, 7) is 10.5. The first kappa shape index (κ1) is 18.7. The van der Waals surface area contributed by atoms with Crippen molar-refractivity contribution in [2.45, 2.75) is 26.5 Å². The van der Waals surface area contributed by atoms with Gasteiger partial charge in [-0.3, -0.25) is 4.79 Å². The summed E-state index contributed by atoms with van der Waals surface area (Å²) in [5.41, 5.74) is 1.04. The van der Waals surface area contributed by atoms with Gasteiger partial charge in [-0.1, -0.05) is 26.0 Å². The lowest BCUT2D eigenvalue weighted by Gasteiger charge is -2.22. The van der Waals surface area contributed by atoms with Crippen molar-refractivity contribution < 1.29 is 14.3 Å². The SMILES string of the molecule is CCN(CC)CCOc1ccc(CNC(=O)C2CNCCO2)cc1. The molecule has 1 saturated heterocycles. The Morgan fingerprint density at radius 2 is 2.08 bits per heavy atom. The number of likely N-dealkylation sites (N-methyl/N-ethyl adjacent to an activating group) is 1. The molecule has 2 rings (SSSR count). The predicted molar refractivity (Wildman–Crippen MR) is 94.2 cm³/mol. The molecule has 1 unspecified atom stereocenters. The Bertz CT molecular complexity index is 483. The number of rotatable bonds is 9. The molecule has 0 aromatic heterocycles. The van der Waals surface area contributed by atoms with E-state index in [1.54, 1.807) is 0 Å². The Balaban J connectivity index is 1.70. The number of carbonyl (C=O) groups is 1. The number of nitrogens with zero attached hydrogens (tertiary/aromatic N) is 1. The number of hydrogen-bond donors (Lipinski definition) is 2.